The number of rotatable bonds is 2. The fourth-order valence-electron chi connectivity index (χ4n) is 2.60. The summed E-state index contributed by atoms with van der Waals surface area (Å²) in [4.78, 5) is 41.4. The molecule has 0 fully saturated rings. The Morgan fingerprint density at radius 1 is 1.20 bits per heavy atom. The largest absolute Gasteiger partial charge is 0.332 e. The standard InChI is InChI=1S/C17H15BrN4O3/c1-9-8-19-14-12(16(24)22(3)17(25)21(14)2)13(9)20-15(23)10-5-4-6-11(18)7-10/h4-8H,1-3H3,(H,19,20,23). The number of fused-ring (bicyclic) bond motifs is 1. The minimum atomic E-state index is -0.501. The van der Waals surface area contributed by atoms with Gasteiger partial charge in [-0.15, -0.1) is 0 Å². The van der Waals surface area contributed by atoms with E-state index in [9.17, 15) is 14.4 Å². The van der Waals surface area contributed by atoms with E-state index in [0.717, 1.165) is 9.04 Å². The Hall–Kier alpha value is -2.74. The van der Waals surface area contributed by atoms with E-state index in [-0.39, 0.29) is 16.9 Å². The van der Waals surface area contributed by atoms with Gasteiger partial charge < -0.3 is 5.32 Å². The van der Waals surface area contributed by atoms with E-state index < -0.39 is 11.2 Å². The number of amides is 1. The molecular formula is C17H15BrN4O3. The van der Waals surface area contributed by atoms with Gasteiger partial charge in [0.1, 0.15) is 5.39 Å². The van der Waals surface area contributed by atoms with Crippen LogP contribution in [-0.4, -0.2) is 20.0 Å². The topological polar surface area (TPSA) is 86.0 Å². The average Bonchev–Trinajstić information content (AvgIpc) is 2.59. The van der Waals surface area contributed by atoms with Crippen molar-refractivity contribution in [2.75, 3.05) is 5.32 Å². The second-order valence-electron chi connectivity index (χ2n) is 5.69. The monoisotopic (exact) mass is 402 g/mol. The normalized spacial score (nSPS) is 10.9. The molecule has 0 spiro atoms. The molecule has 1 amide bonds. The summed E-state index contributed by atoms with van der Waals surface area (Å²) in [7, 11) is 2.93. The van der Waals surface area contributed by atoms with Crippen LogP contribution in [0.3, 0.4) is 0 Å². The molecule has 1 aromatic carbocycles. The van der Waals surface area contributed by atoms with E-state index in [4.69, 9.17) is 0 Å². The van der Waals surface area contributed by atoms with E-state index in [2.05, 4.69) is 26.2 Å². The highest BCUT2D eigenvalue weighted by Gasteiger charge is 2.18. The lowest BCUT2D eigenvalue weighted by Gasteiger charge is -2.13. The van der Waals surface area contributed by atoms with E-state index in [0.29, 0.717) is 16.8 Å². The van der Waals surface area contributed by atoms with E-state index in [1.807, 2.05) is 6.07 Å². The Kier molecular flexibility index (Phi) is 4.30. The summed E-state index contributed by atoms with van der Waals surface area (Å²) in [5.41, 5.74) is 0.679. The first-order chi connectivity index (χ1) is 11.8. The Labute approximate surface area is 151 Å². The van der Waals surface area contributed by atoms with Crippen molar-refractivity contribution in [1.82, 2.24) is 14.1 Å². The van der Waals surface area contributed by atoms with Gasteiger partial charge in [-0.3, -0.25) is 18.7 Å². The first-order valence-corrected chi connectivity index (χ1v) is 8.23. The second kappa shape index (κ2) is 6.29. The van der Waals surface area contributed by atoms with Crippen molar-refractivity contribution in [1.29, 1.82) is 0 Å². The van der Waals surface area contributed by atoms with Crippen molar-refractivity contribution in [3.05, 3.63) is 66.9 Å². The molecule has 2 aromatic heterocycles. The molecule has 0 unspecified atom stereocenters. The highest BCUT2D eigenvalue weighted by atomic mass is 79.9. The van der Waals surface area contributed by atoms with Crippen LogP contribution in [-0.2, 0) is 14.1 Å². The number of pyridine rings is 1. The molecule has 25 heavy (non-hydrogen) atoms. The van der Waals surface area contributed by atoms with E-state index >= 15 is 0 Å². The van der Waals surface area contributed by atoms with Crippen LogP contribution in [0, 0.1) is 6.92 Å². The summed E-state index contributed by atoms with van der Waals surface area (Å²) in [6.07, 6.45) is 1.53. The summed E-state index contributed by atoms with van der Waals surface area (Å²) in [6, 6.07) is 6.92. The maximum atomic E-state index is 12.6. The number of carbonyl (C=O) groups is 1. The van der Waals surface area contributed by atoms with Crippen LogP contribution in [0.15, 0.2) is 44.5 Å². The molecule has 128 valence electrons. The second-order valence-corrected chi connectivity index (χ2v) is 6.60. The zero-order chi connectivity index (χ0) is 18.3. The van der Waals surface area contributed by atoms with E-state index in [1.54, 1.807) is 25.1 Å². The van der Waals surface area contributed by atoms with Crippen molar-refractivity contribution in [3.8, 4) is 0 Å². The highest BCUT2D eigenvalue weighted by Crippen LogP contribution is 2.23. The fourth-order valence-corrected chi connectivity index (χ4v) is 3.00. The first-order valence-electron chi connectivity index (χ1n) is 7.43. The fraction of sp³-hybridized carbons (Fsp3) is 0.176. The number of benzene rings is 1. The number of carbonyl (C=O) groups excluding carboxylic acids is 1. The van der Waals surface area contributed by atoms with Crippen LogP contribution < -0.4 is 16.6 Å². The van der Waals surface area contributed by atoms with Crippen molar-refractivity contribution in [2.45, 2.75) is 6.92 Å². The Morgan fingerprint density at radius 3 is 2.60 bits per heavy atom. The summed E-state index contributed by atoms with van der Waals surface area (Å²) in [5, 5.41) is 2.98. The van der Waals surface area contributed by atoms with Gasteiger partial charge in [0.2, 0.25) is 0 Å². The predicted molar refractivity (Wildman–Crippen MR) is 99.1 cm³/mol. The third-order valence-electron chi connectivity index (χ3n) is 3.98. The number of nitrogens with zero attached hydrogens (tertiary/aromatic N) is 3. The van der Waals surface area contributed by atoms with Gasteiger partial charge in [-0.1, -0.05) is 22.0 Å². The van der Waals surface area contributed by atoms with E-state index in [1.165, 1.54) is 24.9 Å². The molecule has 0 atom stereocenters. The van der Waals surface area contributed by atoms with Gasteiger partial charge in [0.05, 0.1) is 5.69 Å². The molecule has 0 saturated heterocycles. The quantitative estimate of drug-likeness (QED) is 0.709. The van der Waals surface area contributed by atoms with Crippen LogP contribution in [0.4, 0.5) is 5.69 Å². The van der Waals surface area contributed by atoms with Crippen molar-refractivity contribution in [3.63, 3.8) is 0 Å². The minimum absolute atomic E-state index is 0.202. The van der Waals surface area contributed by atoms with Crippen molar-refractivity contribution < 1.29 is 4.79 Å². The Bertz CT molecular complexity index is 1130. The number of aryl methyl sites for hydroxylation is 2. The number of halogens is 1. The molecule has 8 heteroatoms. The van der Waals surface area contributed by atoms with Gasteiger partial charge in [-0.25, -0.2) is 9.78 Å². The van der Waals surface area contributed by atoms with Crippen LogP contribution in [0.2, 0.25) is 0 Å². The predicted octanol–water partition coefficient (Wildman–Crippen LogP) is 1.96. The van der Waals surface area contributed by atoms with Crippen molar-refractivity contribution >= 4 is 38.6 Å². The van der Waals surface area contributed by atoms with Crippen LogP contribution in [0.5, 0.6) is 0 Å². The average molecular weight is 403 g/mol. The summed E-state index contributed by atoms with van der Waals surface area (Å²) in [6.45, 7) is 1.74. The highest BCUT2D eigenvalue weighted by molar-refractivity contribution is 9.10. The maximum Gasteiger partial charge on any atom is 0.332 e. The van der Waals surface area contributed by atoms with Gasteiger partial charge in [0.15, 0.2) is 5.65 Å². The minimum Gasteiger partial charge on any atom is -0.321 e. The van der Waals surface area contributed by atoms with Crippen LogP contribution in [0.25, 0.3) is 11.0 Å². The molecule has 0 aliphatic heterocycles. The summed E-state index contributed by atoms with van der Waals surface area (Å²) >= 11 is 3.33. The molecular weight excluding hydrogens is 388 g/mol. The molecule has 7 nitrogen and oxygen atoms in total. The molecule has 0 aliphatic rings. The summed E-state index contributed by atoms with van der Waals surface area (Å²) < 4.78 is 3.05. The molecule has 0 bridgehead atoms. The lowest BCUT2D eigenvalue weighted by Crippen LogP contribution is -2.37. The third kappa shape index (κ3) is 2.89. The number of nitrogens with one attached hydrogen (secondary N) is 1. The molecule has 0 aliphatic carbocycles. The van der Waals surface area contributed by atoms with Crippen molar-refractivity contribution in [2.24, 2.45) is 14.1 Å². The number of aromatic nitrogens is 3. The molecule has 1 N–H and O–H groups in total. The third-order valence-corrected chi connectivity index (χ3v) is 4.48. The summed E-state index contributed by atoms with van der Waals surface area (Å²) in [5.74, 6) is -0.354. The molecule has 3 aromatic rings. The molecule has 0 saturated carbocycles. The lowest BCUT2D eigenvalue weighted by molar-refractivity contribution is 0.102. The smallest absolute Gasteiger partial charge is 0.321 e. The maximum absolute atomic E-state index is 12.6. The molecule has 3 rings (SSSR count). The van der Waals surface area contributed by atoms with Gasteiger partial charge in [-0.2, -0.15) is 0 Å². The number of hydrogen-bond donors (Lipinski definition) is 1. The zero-order valence-corrected chi connectivity index (χ0v) is 15.4. The number of anilines is 1. The van der Waals surface area contributed by atoms with Crippen LogP contribution in [0.1, 0.15) is 15.9 Å². The van der Waals surface area contributed by atoms with Gasteiger partial charge >= 0.3 is 5.69 Å². The zero-order valence-electron chi connectivity index (χ0n) is 13.8. The van der Waals surface area contributed by atoms with Gasteiger partial charge in [0, 0.05) is 30.3 Å². The molecule has 2 heterocycles. The van der Waals surface area contributed by atoms with Crippen LogP contribution >= 0.6 is 15.9 Å². The van der Waals surface area contributed by atoms with Gasteiger partial charge in [0.25, 0.3) is 11.5 Å². The molecule has 0 radical (unpaired) electrons. The lowest BCUT2D eigenvalue weighted by atomic mass is 10.1. The Morgan fingerprint density at radius 2 is 1.92 bits per heavy atom. The van der Waals surface area contributed by atoms with Gasteiger partial charge in [-0.05, 0) is 30.7 Å². The Balaban J connectivity index is 2.23. The number of hydrogen-bond acceptors (Lipinski definition) is 4. The first kappa shape index (κ1) is 17.1. The SMILES string of the molecule is Cc1cnc2c(c1NC(=O)c1cccc(Br)c1)c(=O)n(C)c(=O)n2C.